The van der Waals surface area contributed by atoms with Crippen molar-refractivity contribution in [2.75, 3.05) is 11.1 Å². The fourth-order valence-electron chi connectivity index (χ4n) is 1.94. The Balaban J connectivity index is 1.99. The molecule has 7 heteroatoms. The number of aromatic nitrogens is 2. The Morgan fingerprint density at radius 3 is 2.43 bits per heavy atom. The summed E-state index contributed by atoms with van der Waals surface area (Å²) in [6.07, 6.45) is 2.21. The third-order valence-electron chi connectivity index (χ3n) is 3.41. The van der Waals surface area contributed by atoms with E-state index >= 15 is 0 Å². The highest BCUT2D eigenvalue weighted by atomic mass is 35.5. The van der Waals surface area contributed by atoms with Gasteiger partial charge in [0.15, 0.2) is 0 Å². The van der Waals surface area contributed by atoms with Crippen LogP contribution in [0.5, 0.6) is 0 Å². The first kappa shape index (κ1) is 14.7. The average Bonchev–Trinajstić information content (AvgIpc) is 3.25. The zero-order valence-corrected chi connectivity index (χ0v) is 13.5. The number of rotatable bonds is 3. The van der Waals surface area contributed by atoms with E-state index in [1.54, 1.807) is 12.1 Å². The third kappa shape index (κ3) is 3.03. The average molecular weight is 344 g/mol. The first-order valence-corrected chi connectivity index (χ1v) is 7.64. The molecule has 0 saturated heterocycles. The number of halogens is 3. The number of nitrogens with one attached hydrogen (secondary N) is 1. The van der Waals surface area contributed by atoms with Crippen LogP contribution in [-0.2, 0) is 0 Å². The molecule has 1 saturated carbocycles. The quantitative estimate of drug-likeness (QED) is 0.774. The van der Waals surface area contributed by atoms with Crippen molar-refractivity contribution in [2.45, 2.75) is 25.7 Å². The van der Waals surface area contributed by atoms with Gasteiger partial charge in [-0.25, -0.2) is 9.97 Å². The molecule has 3 N–H and O–H groups in total. The molecule has 110 valence electrons. The SMILES string of the molecule is Cc1c(N)nc(C2CC2)nc1Nc1cc(Cl)c(Cl)cc1Cl. The molecule has 0 unspecified atom stereocenters. The molecule has 0 bridgehead atoms. The van der Waals surface area contributed by atoms with Crippen molar-refractivity contribution in [3.05, 3.63) is 38.6 Å². The molecule has 1 aromatic carbocycles. The number of hydrogen-bond acceptors (Lipinski definition) is 4. The predicted molar refractivity (Wildman–Crippen MR) is 87.9 cm³/mol. The molecule has 0 radical (unpaired) electrons. The van der Waals surface area contributed by atoms with Gasteiger partial charge in [0.2, 0.25) is 0 Å². The van der Waals surface area contributed by atoms with Crippen LogP contribution in [0.1, 0.15) is 30.1 Å². The van der Waals surface area contributed by atoms with Gasteiger partial charge in [0.05, 0.1) is 20.8 Å². The lowest BCUT2D eigenvalue weighted by molar-refractivity contribution is 0.928. The van der Waals surface area contributed by atoms with Crippen molar-refractivity contribution >= 4 is 52.1 Å². The first-order chi connectivity index (χ1) is 9.95. The lowest BCUT2D eigenvalue weighted by atomic mass is 10.2. The van der Waals surface area contributed by atoms with Crippen LogP contribution < -0.4 is 11.1 Å². The van der Waals surface area contributed by atoms with Gasteiger partial charge in [-0.3, -0.25) is 0 Å². The highest BCUT2D eigenvalue weighted by molar-refractivity contribution is 6.44. The van der Waals surface area contributed by atoms with Crippen molar-refractivity contribution in [3.63, 3.8) is 0 Å². The van der Waals surface area contributed by atoms with Gasteiger partial charge >= 0.3 is 0 Å². The van der Waals surface area contributed by atoms with Gasteiger partial charge < -0.3 is 11.1 Å². The molecule has 0 aliphatic heterocycles. The Labute approximate surface area is 137 Å². The Morgan fingerprint density at radius 2 is 1.76 bits per heavy atom. The van der Waals surface area contributed by atoms with Crippen molar-refractivity contribution in [1.29, 1.82) is 0 Å². The Hall–Kier alpha value is -1.23. The maximum atomic E-state index is 6.18. The molecule has 0 amide bonds. The summed E-state index contributed by atoms with van der Waals surface area (Å²) in [5, 5.41) is 4.46. The summed E-state index contributed by atoms with van der Waals surface area (Å²) >= 11 is 18.1. The van der Waals surface area contributed by atoms with Gasteiger partial charge in [0, 0.05) is 11.5 Å². The highest BCUT2D eigenvalue weighted by Gasteiger charge is 2.28. The fourth-order valence-corrected chi connectivity index (χ4v) is 2.54. The minimum absolute atomic E-state index is 0.407. The molecule has 2 aromatic rings. The second-order valence-electron chi connectivity index (χ2n) is 5.09. The summed E-state index contributed by atoms with van der Waals surface area (Å²) in [5.74, 6) is 2.31. The molecular formula is C14H13Cl3N4. The topological polar surface area (TPSA) is 63.8 Å². The predicted octanol–water partition coefficient (Wildman–Crippen LogP) is 4.95. The van der Waals surface area contributed by atoms with Gasteiger partial charge in [-0.05, 0) is 31.9 Å². The first-order valence-electron chi connectivity index (χ1n) is 6.51. The third-order valence-corrected chi connectivity index (χ3v) is 4.44. The lowest BCUT2D eigenvalue weighted by Gasteiger charge is -2.13. The monoisotopic (exact) mass is 342 g/mol. The van der Waals surface area contributed by atoms with Gasteiger partial charge in [-0.1, -0.05) is 34.8 Å². The summed E-state index contributed by atoms with van der Waals surface area (Å²) in [6, 6.07) is 3.26. The van der Waals surface area contributed by atoms with Gasteiger partial charge in [0.25, 0.3) is 0 Å². The minimum atomic E-state index is 0.407. The van der Waals surface area contributed by atoms with Crippen LogP contribution in [0, 0.1) is 6.92 Å². The second kappa shape index (κ2) is 5.52. The van der Waals surface area contributed by atoms with Gasteiger partial charge in [0.1, 0.15) is 17.5 Å². The van der Waals surface area contributed by atoms with E-state index in [-0.39, 0.29) is 0 Å². The van der Waals surface area contributed by atoms with Crippen LogP contribution in [0.4, 0.5) is 17.3 Å². The van der Waals surface area contributed by atoms with Crippen LogP contribution in [0.2, 0.25) is 15.1 Å². The van der Waals surface area contributed by atoms with E-state index in [0.29, 0.717) is 38.3 Å². The van der Waals surface area contributed by atoms with E-state index in [1.165, 1.54) is 0 Å². The summed E-state index contributed by atoms with van der Waals surface area (Å²) in [6.45, 7) is 1.86. The molecule has 0 atom stereocenters. The van der Waals surface area contributed by atoms with E-state index in [1.807, 2.05) is 6.92 Å². The molecule has 1 aliphatic carbocycles. The minimum Gasteiger partial charge on any atom is -0.383 e. The molecule has 1 aromatic heterocycles. The maximum Gasteiger partial charge on any atom is 0.139 e. The van der Waals surface area contributed by atoms with Crippen LogP contribution in [0.15, 0.2) is 12.1 Å². The molecule has 0 spiro atoms. The normalized spacial score (nSPS) is 14.3. The van der Waals surface area contributed by atoms with Crippen LogP contribution in [-0.4, -0.2) is 9.97 Å². The van der Waals surface area contributed by atoms with Gasteiger partial charge in [-0.15, -0.1) is 0 Å². The Kier molecular flexibility index (Phi) is 3.86. The maximum absolute atomic E-state index is 6.18. The number of hydrogen-bond donors (Lipinski definition) is 2. The summed E-state index contributed by atoms with van der Waals surface area (Å²) < 4.78 is 0. The van der Waals surface area contributed by atoms with E-state index < -0.39 is 0 Å². The number of anilines is 3. The second-order valence-corrected chi connectivity index (χ2v) is 6.31. The van der Waals surface area contributed by atoms with Crippen LogP contribution >= 0.6 is 34.8 Å². The van der Waals surface area contributed by atoms with E-state index in [2.05, 4.69) is 15.3 Å². The molecule has 1 aliphatic rings. The summed E-state index contributed by atoms with van der Waals surface area (Å²) in [5.41, 5.74) is 7.37. The lowest BCUT2D eigenvalue weighted by Crippen LogP contribution is -2.06. The van der Waals surface area contributed by atoms with Crippen molar-refractivity contribution in [2.24, 2.45) is 0 Å². The summed E-state index contributed by atoms with van der Waals surface area (Å²) in [7, 11) is 0. The molecule has 1 heterocycles. The van der Waals surface area contributed by atoms with E-state index in [4.69, 9.17) is 40.5 Å². The molecule has 1 fully saturated rings. The standard InChI is InChI=1S/C14H13Cl3N4/c1-6-12(18)20-14(7-2-3-7)21-13(6)19-11-5-9(16)8(15)4-10(11)17/h4-5,7H,2-3H2,1H3,(H3,18,19,20,21). The smallest absolute Gasteiger partial charge is 0.139 e. The molecule has 21 heavy (non-hydrogen) atoms. The zero-order valence-electron chi connectivity index (χ0n) is 11.3. The van der Waals surface area contributed by atoms with E-state index in [0.717, 1.165) is 24.2 Å². The van der Waals surface area contributed by atoms with Crippen LogP contribution in [0.3, 0.4) is 0 Å². The van der Waals surface area contributed by atoms with Crippen LogP contribution in [0.25, 0.3) is 0 Å². The summed E-state index contributed by atoms with van der Waals surface area (Å²) in [4.78, 5) is 8.88. The Morgan fingerprint density at radius 1 is 1.10 bits per heavy atom. The largest absolute Gasteiger partial charge is 0.383 e. The molecular weight excluding hydrogens is 331 g/mol. The van der Waals surface area contributed by atoms with E-state index in [9.17, 15) is 0 Å². The van der Waals surface area contributed by atoms with Crippen molar-refractivity contribution in [3.8, 4) is 0 Å². The fraction of sp³-hybridized carbons (Fsp3) is 0.286. The number of nitrogens with zero attached hydrogens (tertiary/aromatic N) is 2. The highest BCUT2D eigenvalue weighted by Crippen LogP contribution is 2.40. The molecule has 4 nitrogen and oxygen atoms in total. The number of nitrogen functional groups attached to an aromatic ring is 1. The van der Waals surface area contributed by atoms with Crippen molar-refractivity contribution in [1.82, 2.24) is 9.97 Å². The number of nitrogens with two attached hydrogens (primary N) is 1. The zero-order chi connectivity index (χ0) is 15.1. The van der Waals surface area contributed by atoms with Gasteiger partial charge in [-0.2, -0.15) is 0 Å². The Bertz CT molecular complexity index is 714. The molecule has 3 rings (SSSR count). The number of benzene rings is 1. The van der Waals surface area contributed by atoms with Crippen molar-refractivity contribution < 1.29 is 0 Å².